The number of allylic oxidation sites excluding steroid dienone is 1. The van der Waals surface area contributed by atoms with Crippen molar-refractivity contribution in [3.05, 3.63) is 11.6 Å². The van der Waals surface area contributed by atoms with E-state index in [1.165, 1.54) is 32.1 Å². The van der Waals surface area contributed by atoms with Crippen molar-refractivity contribution in [2.45, 2.75) is 71.0 Å². The zero-order valence-electron chi connectivity index (χ0n) is 14.7. The number of carbonyl (C=O) groups excluding carboxylic acids is 1. The second kappa shape index (κ2) is 4.92. The molecule has 0 amide bonds. The maximum absolute atomic E-state index is 13.0. The summed E-state index contributed by atoms with van der Waals surface area (Å²) in [6.07, 6.45) is 10.2. The van der Waals surface area contributed by atoms with Gasteiger partial charge >= 0.3 is 0 Å². The van der Waals surface area contributed by atoms with Crippen molar-refractivity contribution in [3.8, 4) is 0 Å². The second-order valence-electron chi connectivity index (χ2n) is 9.14. The number of fused-ring (bicyclic) bond motifs is 5. The minimum Gasteiger partial charge on any atom is -0.365 e. The zero-order valence-corrected chi connectivity index (χ0v) is 14.7. The van der Waals surface area contributed by atoms with E-state index < -0.39 is 5.79 Å². The minimum atomic E-state index is -1.07. The molecule has 0 aromatic rings. The van der Waals surface area contributed by atoms with Gasteiger partial charge in [-0.05, 0) is 60.8 Å². The van der Waals surface area contributed by atoms with Crippen LogP contribution in [0.4, 0.5) is 0 Å². The van der Waals surface area contributed by atoms with E-state index in [1.807, 2.05) is 6.08 Å². The highest BCUT2D eigenvalue weighted by molar-refractivity contribution is 5.94. The van der Waals surface area contributed by atoms with E-state index in [4.69, 9.17) is 4.74 Å². The van der Waals surface area contributed by atoms with E-state index in [0.717, 1.165) is 12.0 Å². The van der Waals surface area contributed by atoms with Gasteiger partial charge in [0.2, 0.25) is 0 Å². The predicted molar refractivity (Wildman–Crippen MR) is 88.7 cm³/mol. The van der Waals surface area contributed by atoms with E-state index >= 15 is 0 Å². The number of carbonyl (C=O) groups is 1. The Kier molecular flexibility index (Phi) is 3.39. The molecule has 0 heterocycles. The molecular formula is C20H30O3. The smallest absolute Gasteiger partial charge is 0.168 e. The molecule has 0 spiro atoms. The molecule has 4 rings (SSSR count). The molecule has 1 N–H and O–H groups in total. The van der Waals surface area contributed by atoms with Crippen LogP contribution in [0.15, 0.2) is 11.6 Å². The standard InChI is InChI=1S/C20H30O3/c1-18-7-4-5-14(18)17-15(6-8-18)19(2)9-10-20(22,23-3)12-13(19)11-16(17)21/h11,14-15,17,22H,4-10,12H2,1-3H3/t14-,15-,17-,18-,19-,20?/m0/s1. The Morgan fingerprint density at radius 3 is 2.65 bits per heavy atom. The molecule has 0 aromatic carbocycles. The van der Waals surface area contributed by atoms with Crippen LogP contribution < -0.4 is 0 Å². The van der Waals surface area contributed by atoms with Crippen molar-refractivity contribution >= 4 is 5.78 Å². The summed E-state index contributed by atoms with van der Waals surface area (Å²) in [5.74, 6) is 0.522. The number of hydrogen-bond donors (Lipinski definition) is 1. The van der Waals surface area contributed by atoms with Crippen molar-refractivity contribution < 1.29 is 14.6 Å². The van der Waals surface area contributed by atoms with Gasteiger partial charge in [0, 0.05) is 25.9 Å². The second-order valence-corrected chi connectivity index (χ2v) is 9.14. The summed E-state index contributed by atoms with van der Waals surface area (Å²) >= 11 is 0. The average molecular weight is 318 g/mol. The summed E-state index contributed by atoms with van der Waals surface area (Å²) in [7, 11) is 1.57. The number of ketones is 1. The Labute approximate surface area is 139 Å². The maximum Gasteiger partial charge on any atom is 0.168 e. The summed E-state index contributed by atoms with van der Waals surface area (Å²) in [5.41, 5.74) is 1.61. The molecule has 1 unspecified atom stereocenters. The van der Waals surface area contributed by atoms with E-state index in [-0.39, 0.29) is 11.3 Å². The van der Waals surface area contributed by atoms with Crippen LogP contribution in [0.5, 0.6) is 0 Å². The maximum atomic E-state index is 13.0. The zero-order chi connectivity index (χ0) is 16.5. The lowest BCUT2D eigenvalue weighted by atomic mass is 9.47. The molecule has 0 saturated heterocycles. The third-order valence-electron chi connectivity index (χ3n) is 8.13. The Hall–Kier alpha value is -0.670. The van der Waals surface area contributed by atoms with Crippen molar-refractivity contribution in [1.82, 2.24) is 0 Å². The largest absolute Gasteiger partial charge is 0.365 e. The van der Waals surface area contributed by atoms with Gasteiger partial charge in [-0.3, -0.25) is 4.79 Å². The normalized spacial score (nSPS) is 52.4. The van der Waals surface area contributed by atoms with Crippen LogP contribution in [0, 0.1) is 28.6 Å². The molecule has 0 bridgehead atoms. The van der Waals surface area contributed by atoms with Crippen molar-refractivity contribution in [2.75, 3.05) is 7.11 Å². The van der Waals surface area contributed by atoms with Gasteiger partial charge in [0.05, 0.1) is 0 Å². The van der Waals surface area contributed by atoms with Gasteiger partial charge in [-0.25, -0.2) is 0 Å². The first-order chi connectivity index (χ1) is 10.8. The highest BCUT2D eigenvalue weighted by Gasteiger charge is 2.59. The molecule has 3 nitrogen and oxygen atoms in total. The van der Waals surface area contributed by atoms with Crippen LogP contribution in [0.1, 0.15) is 65.2 Å². The van der Waals surface area contributed by atoms with Gasteiger partial charge in [0.15, 0.2) is 11.6 Å². The van der Waals surface area contributed by atoms with Gasteiger partial charge in [0.25, 0.3) is 0 Å². The molecule has 3 heteroatoms. The highest BCUT2D eigenvalue weighted by atomic mass is 16.6. The minimum absolute atomic E-state index is 0.0766. The Morgan fingerprint density at radius 1 is 1.13 bits per heavy atom. The van der Waals surface area contributed by atoms with Crippen molar-refractivity contribution in [2.24, 2.45) is 28.6 Å². The third kappa shape index (κ3) is 2.12. The van der Waals surface area contributed by atoms with Gasteiger partial charge in [-0.2, -0.15) is 0 Å². The molecule has 0 aromatic heterocycles. The lowest BCUT2D eigenvalue weighted by molar-refractivity contribution is -0.208. The van der Waals surface area contributed by atoms with Crippen LogP contribution in [-0.2, 0) is 9.53 Å². The van der Waals surface area contributed by atoms with Crippen LogP contribution in [-0.4, -0.2) is 23.8 Å². The molecule has 3 fully saturated rings. The molecular weight excluding hydrogens is 288 g/mol. The molecule has 0 radical (unpaired) electrons. The van der Waals surface area contributed by atoms with E-state index in [9.17, 15) is 9.90 Å². The predicted octanol–water partition coefficient (Wildman–Crippen LogP) is 3.85. The molecule has 4 aliphatic carbocycles. The van der Waals surface area contributed by atoms with Crippen molar-refractivity contribution in [3.63, 3.8) is 0 Å². The summed E-state index contributed by atoms with van der Waals surface area (Å²) in [6.45, 7) is 4.76. The topological polar surface area (TPSA) is 46.5 Å². The average Bonchev–Trinajstić information content (AvgIpc) is 2.91. The first-order valence-corrected chi connectivity index (χ1v) is 9.34. The number of methoxy groups -OCH3 is 1. The van der Waals surface area contributed by atoms with Gasteiger partial charge in [0.1, 0.15) is 0 Å². The molecule has 3 saturated carbocycles. The molecule has 23 heavy (non-hydrogen) atoms. The van der Waals surface area contributed by atoms with E-state index in [1.54, 1.807) is 7.11 Å². The SMILES string of the molecule is COC1(O)CC[C@@]2(C)C(=CC(=O)[C@H]3[C@@H]4CCC[C@@]4(C)CC[C@@H]32)C1. The summed E-state index contributed by atoms with van der Waals surface area (Å²) < 4.78 is 5.33. The Bertz CT molecular complexity index is 567. The lowest BCUT2D eigenvalue weighted by Gasteiger charge is -2.57. The summed E-state index contributed by atoms with van der Waals surface area (Å²) in [4.78, 5) is 13.0. The van der Waals surface area contributed by atoms with Crippen LogP contribution in [0.25, 0.3) is 0 Å². The van der Waals surface area contributed by atoms with Crippen molar-refractivity contribution in [1.29, 1.82) is 0 Å². The Morgan fingerprint density at radius 2 is 1.91 bits per heavy atom. The Balaban J connectivity index is 1.72. The van der Waals surface area contributed by atoms with Crippen LogP contribution in [0.2, 0.25) is 0 Å². The van der Waals surface area contributed by atoms with Crippen LogP contribution >= 0.6 is 0 Å². The fourth-order valence-electron chi connectivity index (χ4n) is 6.52. The first kappa shape index (κ1) is 15.8. The van der Waals surface area contributed by atoms with Gasteiger partial charge < -0.3 is 9.84 Å². The number of rotatable bonds is 1. The molecule has 6 atom stereocenters. The fourth-order valence-corrected chi connectivity index (χ4v) is 6.52. The molecule has 4 aliphatic rings. The number of ether oxygens (including phenoxy) is 1. The van der Waals surface area contributed by atoms with E-state index in [2.05, 4.69) is 13.8 Å². The lowest BCUT2D eigenvalue weighted by Crippen LogP contribution is -2.54. The van der Waals surface area contributed by atoms with Crippen LogP contribution in [0.3, 0.4) is 0 Å². The number of aliphatic hydroxyl groups is 1. The monoisotopic (exact) mass is 318 g/mol. The fraction of sp³-hybridized carbons (Fsp3) is 0.850. The third-order valence-corrected chi connectivity index (χ3v) is 8.13. The molecule has 0 aliphatic heterocycles. The highest BCUT2D eigenvalue weighted by Crippen LogP contribution is 2.64. The van der Waals surface area contributed by atoms with Gasteiger partial charge in [-0.15, -0.1) is 0 Å². The quantitative estimate of drug-likeness (QED) is 0.747. The number of hydrogen-bond acceptors (Lipinski definition) is 3. The summed E-state index contributed by atoms with van der Waals surface area (Å²) in [6, 6.07) is 0. The molecule has 128 valence electrons. The first-order valence-electron chi connectivity index (χ1n) is 9.34. The van der Waals surface area contributed by atoms with Gasteiger partial charge in [-0.1, -0.05) is 25.8 Å². The summed E-state index contributed by atoms with van der Waals surface area (Å²) in [5, 5.41) is 10.5. The van der Waals surface area contributed by atoms with E-state index in [0.29, 0.717) is 35.9 Å².